The van der Waals surface area contributed by atoms with E-state index < -0.39 is 11.6 Å². The molecular formula is C34H36FN2O2. The van der Waals surface area contributed by atoms with E-state index in [-0.39, 0.29) is 12.1 Å². The Labute approximate surface area is 230 Å². The lowest BCUT2D eigenvalue weighted by molar-refractivity contribution is -0.0437. The average molecular weight is 524 g/mol. The minimum absolute atomic E-state index is 0.0724. The maximum Gasteiger partial charge on any atom is 0.166 e. The molecule has 4 nitrogen and oxygen atoms in total. The van der Waals surface area contributed by atoms with Crippen LogP contribution in [0.1, 0.15) is 47.9 Å². The van der Waals surface area contributed by atoms with Crippen molar-refractivity contribution in [2.45, 2.75) is 75.0 Å². The van der Waals surface area contributed by atoms with E-state index in [0.717, 1.165) is 60.9 Å². The van der Waals surface area contributed by atoms with E-state index in [1.54, 1.807) is 0 Å². The highest BCUT2D eigenvalue weighted by atomic mass is 19.1. The van der Waals surface area contributed by atoms with Gasteiger partial charge in [0.1, 0.15) is 18.9 Å². The Morgan fingerprint density at radius 2 is 1.72 bits per heavy atom. The first-order chi connectivity index (χ1) is 19.2. The van der Waals surface area contributed by atoms with Crippen molar-refractivity contribution in [1.82, 2.24) is 10.2 Å². The molecule has 3 aromatic rings. The monoisotopic (exact) mass is 523 g/mol. The molecule has 3 aromatic carbocycles. The highest BCUT2D eigenvalue weighted by Gasteiger charge is 2.70. The predicted octanol–water partition coefficient (Wildman–Crippen LogP) is 5.78. The molecule has 2 aliphatic heterocycles. The van der Waals surface area contributed by atoms with Crippen LogP contribution in [-0.4, -0.2) is 42.3 Å². The molecule has 8 rings (SSSR count). The van der Waals surface area contributed by atoms with Gasteiger partial charge in [-0.3, -0.25) is 4.90 Å². The number of nitrogens with one attached hydrogen (secondary N) is 1. The first-order valence-electron chi connectivity index (χ1n) is 14.7. The number of piperidine rings is 1. The summed E-state index contributed by atoms with van der Waals surface area (Å²) in [7, 11) is 0. The Bertz CT molecular complexity index is 1350. The summed E-state index contributed by atoms with van der Waals surface area (Å²) >= 11 is 0. The summed E-state index contributed by atoms with van der Waals surface area (Å²) < 4.78 is 30.3. The van der Waals surface area contributed by atoms with Gasteiger partial charge in [-0.2, -0.15) is 0 Å². The highest BCUT2D eigenvalue weighted by molar-refractivity contribution is 5.65. The quantitative estimate of drug-likeness (QED) is 0.406. The summed E-state index contributed by atoms with van der Waals surface area (Å²) in [5, 5.41) is 3.80. The minimum Gasteiger partial charge on any atom is -0.485 e. The topological polar surface area (TPSA) is 33.7 Å². The molecule has 39 heavy (non-hydrogen) atoms. The molecule has 2 heterocycles. The Morgan fingerprint density at radius 1 is 0.949 bits per heavy atom. The van der Waals surface area contributed by atoms with Crippen LogP contribution in [0.5, 0.6) is 11.5 Å². The average Bonchev–Trinajstić information content (AvgIpc) is 3.72. The van der Waals surface area contributed by atoms with Crippen LogP contribution < -0.4 is 14.8 Å². The highest BCUT2D eigenvalue weighted by Crippen LogP contribution is 2.65. The normalized spacial score (nSPS) is 31.0. The third-order valence-electron chi connectivity index (χ3n) is 9.92. The number of nitrogens with zero attached hydrogens (tertiary/aromatic N) is 1. The molecule has 1 radical (unpaired) electrons. The number of hydrogen-bond donors (Lipinski definition) is 1. The van der Waals surface area contributed by atoms with Gasteiger partial charge in [-0.15, -0.1) is 0 Å². The molecule has 5 aliphatic rings. The summed E-state index contributed by atoms with van der Waals surface area (Å²) in [4.78, 5) is 2.48. The van der Waals surface area contributed by atoms with Gasteiger partial charge in [0.25, 0.3) is 0 Å². The van der Waals surface area contributed by atoms with Crippen molar-refractivity contribution in [2.75, 3.05) is 13.1 Å². The molecule has 2 bridgehead atoms. The number of likely N-dealkylation sites (tertiary alicyclic amines) is 1. The van der Waals surface area contributed by atoms with Crippen LogP contribution in [-0.2, 0) is 25.0 Å². The maximum absolute atomic E-state index is 17.0. The lowest BCUT2D eigenvalue weighted by atomic mass is 9.50. The number of hydrogen-bond acceptors (Lipinski definition) is 4. The molecule has 0 amide bonds. The minimum atomic E-state index is -0.988. The van der Waals surface area contributed by atoms with E-state index in [1.165, 1.54) is 29.9 Å². The number of rotatable bonds is 8. The van der Waals surface area contributed by atoms with Crippen molar-refractivity contribution < 1.29 is 13.9 Å². The van der Waals surface area contributed by atoms with Crippen LogP contribution in [0.15, 0.2) is 72.8 Å². The van der Waals surface area contributed by atoms with Crippen molar-refractivity contribution in [3.63, 3.8) is 0 Å². The molecule has 3 aliphatic carbocycles. The van der Waals surface area contributed by atoms with Gasteiger partial charge in [0.15, 0.2) is 11.5 Å². The van der Waals surface area contributed by atoms with Crippen molar-refractivity contribution >= 4 is 0 Å². The fourth-order valence-corrected chi connectivity index (χ4v) is 7.99. The number of benzene rings is 3. The van der Waals surface area contributed by atoms with Crippen LogP contribution in [0.4, 0.5) is 4.39 Å². The van der Waals surface area contributed by atoms with Crippen LogP contribution in [0.3, 0.4) is 0 Å². The molecule has 3 fully saturated rings. The van der Waals surface area contributed by atoms with Gasteiger partial charge in [0, 0.05) is 43.2 Å². The lowest BCUT2D eigenvalue weighted by Crippen LogP contribution is -2.72. The Balaban J connectivity index is 1.17. The van der Waals surface area contributed by atoms with Crippen LogP contribution in [0.25, 0.3) is 0 Å². The molecule has 5 heteroatoms. The van der Waals surface area contributed by atoms with Gasteiger partial charge < -0.3 is 14.8 Å². The summed E-state index contributed by atoms with van der Waals surface area (Å²) in [5.74, 6) is 3.66. The maximum atomic E-state index is 17.0. The van der Waals surface area contributed by atoms with E-state index in [1.807, 2.05) is 24.3 Å². The summed E-state index contributed by atoms with van der Waals surface area (Å²) in [6, 6.07) is 25.4. The molecule has 201 valence electrons. The van der Waals surface area contributed by atoms with E-state index in [0.29, 0.717) is 19.2 Å². The zero-order valence-electron chi connectivity index (χ0n) is 22.3. The zero-order chi connectivity index (χ0) is 26.0. The second-order valence-corrected chi connectivity index (χ2v) is 12.2. The number of halogens is 1. The first kappa shape index (κ1) is 24.0. The van der Waals surface area contributed by atoms with Gasteiger partial charge in [0.05, 0.1) is 5.41 Å². The van der Waals surface area contributed by atoms with Crippen LogP contribution in [0, 0.1) is 11.8 Å². The third-order valence-corrected chi connectivity index (χ3v) is 9.92. The standard InChI is InChI=1S/C34H36FN2O2/c35-30-20-37(19-23-11-12-23)28-17-25-13-16-29(38-21-24-9-5-2-6-10-24)32-31(25)34(30)26(28)14-15-27(33(34)39-32)36-18-22-7-3-1-4-8-22/h1-10,13,16,23,27-28,30,33,36H,11-12,14-15,17-21H2/t27-,28-,30+,33+,34+/m1/s1. The van der Waals surface area contributed by atoms with Crippen molar-refractivity contribution in [1.29, 1.82) is 0 Å². The molecule has 1 spiro atoms. The number of ether oxygens (including phenoxy) is 2. The van der Waals surface area contributed by atoms with Crippen molar-refractivity contribution in [2.24, 2.45) is 5.92 Å². The summed E-state index contributed by atoms with van der Waals surface area (Å²) in [6.45, 7) is 2.76. The Hall–Kier alpha value is -2.89. The van der Waals surface area contributed by atoms with Crippen LogP contribution >= 0.6 is 0 Å². The van der Waals surface area contributed by atoms with Crippen molar-refractivity contribution in [3.8, 4) is 11.5 Å². The Morgan fingerprint density at radius 3 is 2.49 bits per heavy atom. The summed E-state index contributed by atoms with van der Waals surface area (Å²) in [6.07, 6.45) is 4.21. The van der Waals surface area contributed by atoms with Gasteiger partial charge in [-0.05, 0) is 60.8 Å². The zero-order valence-corrected chi connectivity index (χ0v) is 22.3. The fraction of sp³-hybridized carbons (Fsp3) is 0.441. The van der Waals surface area contributed by atoms with E-state index in [9.17, 15) is 0 Å². The smallest absolute Gasteiger partial charge is 0.166 e. The van der Waals surface area contributed by atoms with E-state index in [2.05, 4.69) is 58.7 Å². The summed E-state index contributed by atoms with van der Waals surface area (Å²) in [5.41, 5.74) is 4.01. The predicted molar refractivity (Wildman–Crippen MR) is 150 cm³/mol. The van der Waals surface area contributed by atoms with Gasteiger partial charge in [-0.1, -0.05) is 66.7 Å². The van der Waals surface area contributed by atoms with Crippen molar-refractivity contribution in [3.05, 3.63) is 101 Å². The number of alkyl halides is 1. The van der Waals surface area contributed by atoms with Gasteiger partial charge >= 0.3 is 0 Å². The van der Waals surface area contributed by atoms with Crippen LogP contribution in [0.2, 0.25) is 0 Å². The molecule has 1 N–H and O–H groups in total. The lowest BCUT2D eigenvalue weighted by Gasteiger charge is -2.60. The molecule has 0 unspecified atom stereocenters. The van der Waals surface area contributed by atoms with Gasteiger partial charge in [-0.25, -0.2) is 4.39 Å². The molecule has 1 saturated heterocycles. The third kappa shape index (κ3) is 3.84. The van der Waals surface area contributed by atoms with E-state index in [4.69, 9.17) is 9.47 Å². The second-order valence-electron chi connectivity index (χ2n) is 12.2. The molecule has 0 aromatic heterocycles. The largest absolute Gasteiger partial charge is 0.485 e. The molecule has 5 atom stereocenters. The SMILES string of the molecule is F[C@H]1CN(CC2CC2)[C@@H]2Cc3ccc(OCc4ccccc4)c4c3[C@]13[C]2CC[C@@H](NCc1ccccc1)[C@@H]3O4. The molecule has 2 saturated carbocycles. The first-order valence-corrected chi connectivity index (χ1v) is 14.7. The van der Waals surface area contributed by atoms with E-state index >= 15 is 4.39 Å². The Kier molecular flexibility index (Phi) is 5.74. The molecular weight excluding hydrogens is 487 g/mol. The van der Waals surface area contributed by atoms with Gasteiger partial charge in [0.2, 0.25) is 0 Å². The fourth-order valence-electron chi connectivity index (χ4n) is 7.99. The second kappa shape index (κ2) is 9.35.